The second-order valence-electron chi connectivity index (χ2n) is 4.63. The maximum absolute atomic E-state index is 13.5. The highest BCUT2D eigenvalue weighted by Crippen LogP contribution is 2.42. The molecule has 1 aromatic heterocycles. The summed E-state index contributed by atoms with van der Waals surface area (Å²) in [4.78, 5) is 11.7. The summed E-state index contributed by atoms with van der Waals surface area (Å²) in [6.07, 6.45) is 2.27. The van der Waals surface area contributed by atoms with Crippen LogP contribution in [0, 0.1) is 5.82 Å². The van der Waals surface area contributed by atoms with Crippen molar-refractivity contribution in [1.29, 1.82) is 0 Å². The molecule has 2 aromatic rings. The summed E-state index contributed by atoms with van der Waals surface area (Å²) >= 11 is 4.52. The molecule has 1 heterocycles. The molecule has 0 radical (unpaired) electrons. The van der Waals surface area contributed by atoms with Gasteiger partial charge in [0.25, 0.3) is 5.91 Å². The van der Waals surface area contributed by atoms with Crippen molar-refractivity contribution in [2.75, 3.05) is 11.9 Å². The Morgan fingerprint density at radius 3 is 3.00 bits per heavy atom. The number of aromatic nitrogens is 2. The lowest BCUT2D eigenvalue weighted by Gasteiger charge is -2.06. The van der Waals surface area contributed by atoms with Gasteiger partial charge in [0.1, 0.15) is 5.01 Å². The van der Waals surface area contributed by atoms with E-state index in [0.29, 0.717) is 15.5 Å². The molecule has 0 spiro atoms. The monoisotopic (exact) mass is 371 g/mol. The van der Waals surface area contributed by atoms with Crippen molar-refractivity contribution in [1.82, 2.24) is 10.2 Å². The number of carbonyl (C=O) groups excluding carboxylic acids is 1. The van der Waals surface area contributed by atoms with E-state index in [9.17, 15) is 9.18 Å². The number of benzene rings is 1. The Morgan fingerprint density at radius 1 is 1.48 bits per heavy atom. The smallest absolute Gasteiger partial charge is 0.264 e. The van der Waals surface area contributed by atoms with Gasteiger partial charge in [-0.25, -0.2) is 4.39 Å². The Labute approximate surface area is 132 Å². The van der Waals surface area contributed by atoms with Crippen molar-refractivity contribution in [3.63, 3.8) is 0 Å². The summed E-state index contributed by atoms with van der Waals surface area (Å²) in [5.74, 6) is -0.384. The van der Waals surface area contributed by atoms with Gasteiger partial charge in [-0.1, -0.05) is 27.3 Å². The number of hydrogen-bond acceptors (Lipinski definition) is 5. The number of amides is 1. The topological polar surface area (TPSA) is 64.1 Å². The molecule has 110 valence electrons. The van der Waals surface area contributed by atoms with E-state index in [1.807, 2.05) is 0 Å². The number of anilines is 1. The number of carbonyl (C=O) groups is 1. The molecular weight excluding hydrogens is 361 g/mol. The first-order chi connectivity index (χ1) is 10.1. The lowest BCUT2D eigenvalue weighted by molar-refractivity contribution is -0.118. The normalized spacial score (nSPS) is 14.0. The number of nitrogens with zero attached hydrogens (tertiary/aromatic N) is 2. The Kier molecular flexibility index (Phi) is 4.16. The molecule has 3 rings (SSSR count). The molecule has 0 bridgehead atoms. The van der Waals surface area contributed by atoms with E-state index < -0.39 is 11.7 Å². The van der Waals surface area contributed by atoms with Crippen LogP contribution in [0.15, 0.2) is 22.7 Å². The number of nitrogens with one attached hydrogen (secondary N) is 1. The summed E-state index contributed by atoms with van der Waals surface area (Å²) in [6, 6.07) is 4.38. The first kappa shape index (κ1) is 14.4. The van der Waals surface area contributed by atoms with Gasteiger partial charge in [-0.2, -0.15) is 0 Å². The quantitative estimate of drug-likeness (QED) is 0.875. The summed E-state index contributed by atoms with van der Waals surface area (Å²) in [7, 11) is 0. The molecule has 1 saturated carbocycles. The van der Waals surface area contributed by atoms with Crippen molar-refractivity contribution in [2.45, 2.75) is 18.8 Å². The van der Waals surface area contributed by atoms with Crippen LogP contribution in [0.4, 0.5) is 9.52 Å². The van der Waals surface area contributed by atoms with Gasteiger partial charge in [0.05, 0.1) is 0 Å². The van der Waals surface area contributed by atoms with Gasteiger partial charge in [-0.05, 0) is 31.0 Å². The zero-order chi connectivity index (χ0) is 14.8. The Bertz CT molecular complexity index is 675. The zero-order valence-electron chi connectivity index (χ0n) is 10.8. The minimum atomic E-state index is -0.524. The molecule has 0 unspecified atom stereocenters. The third-order valence-electron chi connectivity index (χ3n) is 2.87. The van der Waals surface area contributed by atoms with Crippen LogP contribution >= 0.6 is 27.3 Å². The van der Waals surface area contributed by atoms with Gasteiger partial charge in [0.2, 0.25) is 5.13 Å². The van der Waals surface area contributed by atoms with Crippen molar-refractivity contribution in [2.24, 2.45) is 0 Å². The molecule has 1 aliphatic rings. The van der Waals surface area contributed by atoms with Gasteiger partial charge < -0.3 is 4.74 Å². The number of ether oxygens (including phenoxy) is 1. The van der Waals surface area contributed by atoms with E-state index in [4.69, 9.17) is 4.74 Å². The predicted molar refractivity (Wildman–Crippen MR) is 80.1 cm³/mol. The first-order valence-corrected chi connectivity index (χ1v) is 7.94. The largest absolute Gasteiger partial charge is 0.481 e. The molecule has 1 N–H and O–H groups in total. The SMILES string of the molecule is O=C(COc1ccc(Br)cc1F)Nc1nnc(C2CC2)s1. The van der Waals surface area contributed by atoms with Crippen LogP contribution < -0.4 is 10.1 Å². The van der Waals surface area contributed by atoms with Crippen LogP contribution in [-0.2, 0) is 4.79 Å². The number of halogens is 2. The lowest BCUT2D eigenvalue weighted by Crippen LogP contribution is -2.20. The number of hydrogen-bond donors (Lipinski definition) is 1. The Hall–Kier alpha value is -1.54. The molecule has 0 aliphatic heterocycles. The van der Waals surface area contributed by atoms with Gasteiger partial charge in [0.15, 0.2) is 18.2 Å². The Balaban J connectivity index is 1.53. The molecular formula is C13H11BrFN3O2S. The molecule has 0 saturated heterocycles. The third kappa shape index (κ3) is 3.76. The van der Waals surface area contributed by atoms with Crippen molar-refractivity contribution in [3.05, 3.63) is 33.5 Å². The minimum Gasteiger partial charge on any atom is -0.481 e. The van der Waals surface area contributed by atoms with Gasteiger partial charge in [-0.15, -0.1) is 10.2 Å². The first-order valence-electron chi connectivity index (χ1n) is 6.33. The van der Waals surface area contributed by atoms with E-state index in [2.05, 4.69) is 31.4 Å². The maximum atomic E-state index is 13.5. The van der Waals surface area contributed by atoms with E-state index in [1.54, 1.807) is 6.07 Å². The molecule has 5 nitrogen and oxygen atoms in total. The highest BCUT2D eigenvalue weighted by atomic mass is 79.9. The fourth-order valence-electron chi connectivity index (χ4n) is 1.67. The van der Waals surface area contributed by atoms with Crippen molar-refractivity contribution in [3.8, 4) is 5.75 Å². The zero-order valence-corrected chi connectivity index (χ0v) is 13.2. The molecule has 1 aliphatic carbocycles. The molecule has 1 fully saturated rings. The number of rotatable bonds is 5. The van der Waals surface area contributed by atoms with E-state index in [1.165, 1.54) is 23.5 Å². The third-order valence-corrected chi connectivity index (χ3v) is 4.36. The summed E-state index contributed by atoms with van der Waals surface area (Å²) in [5.41, 5.74) is 0. The van der Waals surface area contributed by atoms with E-state index in [-0.39, 0.29) is 12.4 Å². The molecule has 0 atom stereocenters. The second kappa shape index (κ2) is 6.07. The molecule has 21 heavy (non-hydrogen) atoms. The van der Waals surface area contributed by atoms with E-state index >= 15 is 0 Å². The van der Waals surface area contributed by atoms with Crippen LogP contribution in [0.5, 0.6) is 5.75 Å². The van der Waals surface area contributed by atoms with E-state index in [0.717, 1.165) is 17.8 Å². The van der Waals surface area contributed by atoms with Gasteiger partial charge in [0, 0.05) is 10.4 Å². The van der Waals surface area contributed by atoms with Crippen molar-refractivity contribution >= 4 is 38.3 Å². The average molecular weight is 372 g/mol. The highest BCUT2D eigenvalue weighted by molar-refractivity contribution is 9.10. The van der Waals surface area contributed by atoms with Gasteiger partial charge in [-0.3, -0.25) is 10.1 Å². The fourth-order valence-corrected chi connectivity index (χ4v) is 2.93. The van der Waals surface area contributed by atoms with Crippen LogP contribution in [-0.4, -0.2) is 22.7 Å². The molecule has 1 amide bonds. The predicted octanol–water partition coefficient (Wildman–Crippen LogP) is 3.33. The minimum absolute atomic E-state index is 0.0317. The van der Waals surface area contributed by atoms with Gasteiger partial charge >= 0.3 is 0 Å². The van der Waals surface area contributed by atoms with Crippen LogP contribution in [0.25, 0.3) is 0 Å². The van der Waals surface area contributed by atoms with Crippen molar-refractivity contribution < 1.29 is 13.9 Å². The average Bonchev–Trinajstić information content (AvgIpc) is 3.19. The van der Waals surface area contributed by atoms with Crippen LogP contribution in [0.2, 0.25) is 0 Å². The highest BCUT2D eigenvalue weighted by Gasteiger charge is 2.27. The van der Waals surface area contributed by atoms with Crippen LogP contribution in [0.3, 0.4) is 0 Å². The summed E-state index contributed by atoms with van der Waals surface area (Å²) in [5, 5.41) is 11.9. The lowest BCUT2D eigenvalue weighted by atomic mass is 10.3. The maximum Gasteiger partial charge on any atom is 0.264 e. The second-order valence-corrected chi connectivity index (χ2v) is 6.56. The van der Waals surface area contributed by atoms with Crippen LogP contribution in [0.1, 0.15) is 23.8 Å². The fraction of sp³-hybridized carbons (Fsp3) is 0.308. The standard InChI is InChI=1S/C13H11BrFN3O2S/c14-8-3-4-10(9(15)5-8)20-6-11(19)16-13-18-17-12(21-13)7-1-2-7/h3-5,7H,1-2,6H2,(H,16,18,19). The summed E-state index contributed by atoms with van der Waals surface area (Å²) < 4.78 is 19.3. The molecule has 1 aromatic carbocycles. The Morgan fingerprint density at radius 2 is 2.29 bits per heavy atom. The summed E-state index contributed by atoms with van der Waals surface area (Å²) in [6.45, 7) is -0.281. The molecule has 8 heteroatoms.